The Hall–Kier alpha value is -1.58. The van der Waals surface area contributed by atoms with Gasteiger partial charge in [-0.1, -0.05) is 29.3 Å². The van der Waals surface area contributed by atoms with Crippen LogP contribution in [0.1, 0.15) is 40.4 Å². The fourth-order valence-electron chi connectivity index (χ4n) is 2.86. The molecule has 2 aromatic rings. The van der Waals surface area contributed by atoms with Gasteiger partial charge in [-0.05, 0) is 49.1 Å². The molecular formula is C17H16Cl2N2O. The van der Waals surface area contributed by atoms with Gasteiger partial charge in [-0.3, -0.25) is 9.78 Å². The molecule has 3 nitrogen and oxygen atoms in total. The number of halogens is 2. The molecule has 0 unspecified atom stereocenters. The predicted octanol–water partition coefficient (Wildman–Crippen LogP) is 4.67. The van der Waals surface area contributed by atoms with Crippen LogP contribution in [-0.2, 0) is 0 Å². The normalized spacial score (nSPS) is 17.8. The van der Waals surface area contributed by atoms with Gasteiger partial charge in [0.1, 0.15) is 0 Å². The summed E-state index contributed by atoms with van der Waals surface area (Å²) >= 11 is 12.3. The second-order valence-electron chi connectivity index (χ2n) is 5.51. The zero-order valence-electron chi connectivity index (χ0n) is 12.2. The number of hydrogen-bond donors (Lipinski definition) is 0. The van der Waals surface area contributed by atoms with Crippen molar-refractivity contribution in [1.82, 2.24) is 9.88 Å². The molecule has 2 heterocycles. The van der Waals surface area contributed by atoms with Gasteiger partial charge in [0.25, 0.3) is 5.91 Å². The summed E-state index contributed by atoms with van der Waals surface area (Å²) < 4.78 is 0. The molecule has 1 aromatic carbocycles. The van der Waals surface area contributed by atoms with Gasteiger partial charge in [-0.25, -0.2) is 0 Å². The summed E-state index contributed by atoms with van der Waals surface area (Å²) in [5.41, 5.74) is 2.40. The maximum Gasteiger partial charge on any atom is 0.254 e. The number of amides is 1. The Labute approximate surface area is 139 Å². The zero-order chi connectivity index (χ0) is 15.7. The summed E-state index contributed by atoms with van der Waals surface area (Å²) in [7, 11) is 0. The summed E-state index contributed by atoms with van der Waals surface area (Å²) in [6.07, 6.45) is 5.50. The fourth-order valence-corrected chi connectivity index (χ4v) is 3.35. The maximum atomic E-state index is 12.8. The number of hydrogen-bond acceptors (Lipinski definition) is 2. The molecule has 3 rings (SSSR count). The highest BCUT2D eigenvalue weighted by Gasteiger charge is 2.31. The van der Waals surface area contributed by atoms with Crippen LogP contribution in [0.2, 0.25) is 10.0 Å². The second kappa shape index (κ2) is 6.27. The fraction of sp³-hybridized carbons (Fsp3) is 0.294. The Morgan fingerprint density at radius 2 is 2.05 bits per heavy atom. The van der Waals surface area contributed by atoms with Crippen molar-refractivity contribution in [2.24, 2.45) is 0 Å². The van der Waals surface area contributed by atoms with Crippen molar-refractivity contribution in [3.05, 3.63) is 63.4 Å². The minimum atomic E-state index is -0.0323. The van der Waals surface area contributed by atoms with Gasteiger partial charge in [0.2, 0.25) is 0 Å². The van der Waals surface area contributed by atoms with E-state index in [1.165, 1.54) is 0 Å². The third kappa shape index (κ3) is 2.83. The Kier molecular flexibility index (Phi) is 4.37. The summed E-state index contributed by atoms with van der Waals surface area (Å²) in [4.78, 5) is 18.9. The lowest BCUT2D eigenvalue weighted by Gasteiger charge is -2.25. The number of nitrogens with zero attached hydrogens (tertiary/aromatic N) is 2. The molecular weight excluding hydrogens is 319 g/mol. The van der Waals surface area contributed by atoms with E-state index in [1.807, 2.05) is 30.2 Å². The number of rotatable bonds is 2. The summed E-state index contributed by atoms with van der Waals surface area (Å²) in [5.74, 6) is -0.0323. The van der Waals surface area contributed by atoms with Crippen molar-refractivity contribution in [2.75, 3.05) is 6.54 Å². The molecule has 0 bridgehead atoms. The minimum Gasteiger partial charge on any atom is -0.332 e. The van der Waals surface area contributed by atoms with Crippen LogP contribution in [0.15, 0.2) is 36.7 Å². The number of likely N-dealkylation sites (tertiary alicyclic amines) is 1. The van der Waals surface area contributed by atoms with Gasteiger partial charge >= 0.3 is 0 Å². The lowest BCUT2D eigenvalue weighted by Crippen LogP contribution is -2.30. The van der Waals surface area contributed by atoms with Crippen LogP contribution in [0.3, 0.4) is 0 Å². The van der Waals surface area contributed by atoms with Crippen LogP contribution in [0.5, 0.6) is 0 Å². The number of pyridine rings is 1. The third-order valence-electron chi connectivity index (χ3n) is 4.11. The standard InChI is InChI=1S/C17H16Cl2N2O/c1-11-14(18)8-13(9-15(11)19)17(22)21-7-3-5-16(21)12-4-2-6-20-10-12/h2,4,6,8-10,16H,3,5,7H2,1H3/t16-/m1/s1. The zero-order valence-corrected chi connectivity index (χ0v) is 13.7. The van der Waals surface area contributed by atoms with Crippen molar-refractivity contribution in [2.45, 2.75) is 25.8 Å². The molecule has 1 fully saturated rings. The Morgan fingerprint density at radius 3 is 2.68 bits per heavy atom. The van der Waals surface area contributed by atoms with Crippen LogP contribution < -0.4 is 0 Å². The van der Waals surface area contributed by atoms with E-state index in [-0.39, 0.29) is 11.9 Å². The van der Waals surface area contributed by atoms with Crippen molar-refractivity contribution in [3.63, 3.8) is 0 Å². The summed E-state index contributed by atoms with van der Waals surface area (Å²) in [6.45, 7) is 2.58. The topological polar surface area (TPSA) is 33.2 Å². The average Bonchev–Trinajstić information content (AvgIpc) is 3.01. The summed E-state index contributed by atoms with van der Waals surface area (Å²) in [6, 6.07) is 7.38. The first-order valence-electron chi connectivity index (χ1n) is 7.24. The van der Waals surface area contributed by atoms with E-state index in [4.69, 9.17) is 23.2 Å². The Morgan fingerprint density at radius 1 is 1.32 bits per heavy atom. The van der Waals surface area contributed by atoms with Gasteiger partial charge in [0, 0.05) is 34.5 Å². The molecule has 1 saturated heterocycles. The average molecular weight is 335 g/mol. The molecule has 0 N–H and O–H groups in total. The van der Waals surface area contributed by atoms with E-state index >= 15 is 0 Å². The van der Waals surface area contributed by atoms with E-state index < -0.39 is 0 Å². The second-order valence-corrected chi connectivity index (χ2v) is 6.32. The first kappa shape index (κ1) is 15.3. The van der Waals surface area contributed by atoms with Gasteiger partial charge in [0.05, 0.1) is 6.04 Å². The number of carbonyl (C=O) groups excluding carboxylic acids is 1. The third-order valence-corrected chi connectivity index (χ3v) is 4.90. The predicted molar refractivity (Wildman–Crippen MR) is 88.4 cm³/mol. The molecule has 1 atom stereocenters. The molecule has 1 aromatic heterocycles. The van der Waals surface area contributed by atoms with E-state index in [9.17, 15) is 4.79 Å². The molecule has 1 aliphatic rings. The van der Waals surface area contributed by atoms with Crippen molar-refractivity contribution in [3.8, 4) is 0 Å². The highest BCUT2D eigenvalue weighted by atomic mass is 35.5. The number of carbonyl (C=O) groups is 1. The highest BCUT2D eigenvalue weighted by Crippen LogP contribution is 2.34. The monoisotopic (exact) mass is 334 g/mol. The van der Waals surface area contributed by atoms with Crippen LogP contribution in [0, 0.1) is 6.92 Å². The minimum absolute atomic E-state index is 0.0323. The molecule has 1 aliphatic heterocycles. The van der Waals surface area contributed by atoms with Crippen LogP contribution in [0.25, 0.3) is 0 Å². The Bertz CT molecular complexity index is 680. The lowest BCUT2D eigenvalue weighted by atomic mass is 10.1. The molecule has 0 saturated carbocycles. The van der Waals surface area contributed by atoms with Gasteiger partial charge in [-0.15, -0.1) is 0 Å². The van der Waals surface area contributed by atoms with E-state index in [2.05, 4.69) is 4.98 Å². The molecule has 1 amide bonds. The maximum absolute atomic E-state index is 12.8. The molecule has 5 heteroatoms. The highest BCUT2D eigenvalue weighted by molar-refractivity contribution is 6.36. The Balaban J connectivity index is 1.91. The lowest BCUT2D eigenvalue weighted by molar-refractivity contribution is 0.0735. The first-order chi connectivity index (χ1) is 10.6. The smallest absolute Gasteiger partial charge is 0.254 e. The van der Waals surface area contributed by atoms with Crippen molar-refractivity contribution in [1.29, 1.82) is 0 Å². The van der Waals surface area contributed by atoms with Crippen LogP contribution >= 0.6 is 23.2 Å². The van der Waals surface area contributed by atoms with Crippen molar-refractivity contribution >= 4 is 29.1 Å². The van der Waals surface area contributed by atoms with Gasteiger partial charge < -0.3 is 4.90 Å². The molecule has 114 valence electrons. The summed E-state index contributed by atoms with van der Waals surface area (Å²) in [5, 5.41) is 1.04. The molecule has 0 radical (unpaired) electrons. The van der Waals surface area contributed by atoms with Gasteiger partial charge in [-0.2, -0.15) is 0 Å². The van der Waals surface area contributed by atoms with E-state index in [1.54, 1.807) is 18.3 Å². The van der Waals surface area contributed by atoms with E-state index in [0.717, 1.165) is 30.5 Å². The first-order valence-corrected chi connectivity index (χ1v) is 8.00. The van der Waals surface area contributed by atoms with Crippen molar-refractivity contribution < 1.29 is 4.79 Å². The van der Waals surface area contributed by atoms with Crippen LogP contribution in [-0.4, -0.2) is 22.3 Å². The van der Waals surface area contributed by atoms with Gasteiger partial charge in [0.15, 0.2) is 0 Å². The molecule has 0 aliphatic carbocycles. The van der Waals surface area contributed by atoms with Crippen LogP contribution in [0.4, 0.5) is 0 Å². The number of aromatic nitrogens is 1. The van der Waals surface area contributed by atoms with E-state index in [0.29, 0.717) is 15.6 Å². The quantitative estimate of drug-likeness (QED) is 0.799. The largest absolute Gasteiger partial charge is 0.332 e. The SMILES string of the molecule is Cc1c(Cl)cc(C(=O)N2CCC[C@@H]2c2cccnc2)cc1Cl. The molecule has 22 heavy (non-hydrogen) atoms. The number of benzene rings is 1. The molecule has 0 spiro atoms.